The van der Waals surface area contributed by atoms with Crippen LogP contribution in [0.15, 0.2) is 42.5 Å². The first kappa shape index (κ1) is 14.5. The van der Waals surface area contributed by atoms with Gasteiger partial charge < -0.3 is 14.8 Å². The molecule has 2 aromatic carbocycles. The number of anilines is 1. The molecule has 0 heterocycles. The molecule has 0 fully saturated rings. The highest BCUT2D eigenvalue weighted by atomic mass is 35.5. The fraction of sp³-hybridized carbons (Fsp3) is 0.250. The molecule has 0 saturated carbocycles. The van der Waals surface area contributed by atoms with Crippen LogP contribution < -0.4 is 14.8 Å². The molecule has 0 aliphatic heterocycles. The van der Waals surface area contributed by atoms with Crippen LogP contribution >= 0.6 is 11.6 Å². The summed E-state index contributed by atoms with van der Waals surface area (Å²) >= 11 is 5.99. The molecule has 0 aliphatic carbocycles. The van der Waals surface area contributed by atoms with E-state index < -0.39 is 0 Å². The molecule has 1 unspecified atom stereocenters. The van der Waals surface area contributed by atoms with Gasteiger partial charge in [-0.3, -0.25) is 0 Å². The van der Waals surface area contributed by atoms with Crippen LogP contribution in [0, 0.1) is 0 Å². The molecule has 1 atom stereocenters. The van der Waals surface area contributed by atoms with E-state index in [0.717, 1.165) is 27.8 Å². The highest BCUT2D eigenvalue weighted by Gasteiger charge is 2.10. The van der Waals surface area contributed by atoms with Gasteiger partial charge in [-0.25, -0.2) is 0 Å². The maximum atomic E-state index is 5.99. The van der Waals surface area contributed by atoms with E-state index in [1.54, 1.807) is 14.2 Å². The van der Waals surface area contributed by atoms with Crippen molar-refractivity contribution in [3.63, 3.8) is 0 Å². The molecule has 2 rings (SSSR count). The van der Waals surface area contributed by atoms with E-state index in [1.807, 2.05) is 42.5 Å². The van der Waals surface area contributed by atoms with Crippen molar-refractivity contribution in [1.82, 2.24) is 0 Å². The molecular formula is C16H18ClNO2. The summed E-state index contributed by atoms with van der Waals surface area (Å²) < 4.78 is 10.6. The molecule has 0 bridgehead atoms. The standard InChI is InChI=1S/C16H18ClNO2/c1-11(18-14-6-4-5-13(17)10-14)12-7-8-15(19-2)16(9-12)20-3/h4-11,18H,1-3H3. The minimum atomic E-state index is 0.133. The maximum Gasteiger partial charge on any atom is 0.161 e. The monoisotopic (exact) mass is 291 g/mol. The third-order valence-electron chi connectivity index (χ3n) is 3.12. The number of hydrogen-bond donors (Lipinski definition) is 1. The van der Waals surface area contributed by atoms with E-state index in [9.17, 15) is 0 Å². The van der Waals surface area contributed by atoms with Gasteiger partial charge in [0.05, 0.1) is 14.2 Å². The van der Waals surface area contributed by atoms with E-state index in [-0.39, 0.29) is 6.04 Å². The molecular weight excluding hydrogens is 274 g/mol. The van der Waals surface area contributed by atoms with Crippen LogP contribution in [0.1, 0.15) is 18.5 Å². The van der Waals surface area contributed by atoms with Crippen molar-refractivity contribution >= 4 is 17.3 Å². The number of ether oxygens (including phenoxy) is 2. The van der Waals surface area contributed by atoms with E-state index in [1.165, 1.54) is 0 Å². The molecule has 0 amide bonds. The van der Waals surface area contributed by atoms with Gasteiger partial charge in [0.1, 0.15) is 0 Å². The van der Waals surface area contributed by atoms with Crippen LogP contribution in [0.2, 0.25) is 5.02 Å². The molecule has 106 valence electrons. The summed E-state index contributed by atoms with van der Waals surface area (Å²) in [6.07, 6.45) is 0. The second-order valence-electron chi connectivity index (χ2n) is 4.49. The highest BCUT2D eigenvalue weighted by Crippen LogP contribution is 2.31. The molecule has 3 nitrogen and oxygen atoms in total. The minimum Gasteiger partial charge on any atom is -0.493 e. The maximum absolute atomic E-state index is 5.99. The van der Waals surface area contributed by atoms with Gasteiger partial charge in [0.2, 0.25) is 0 Å². The Morgan fingerprint density at radius 3 is 2.40 bits per heavy atom. The van der Waals surface area contributed by atoms with Gasteiger partial charge in [-0.2, -0.15) is 0 Å². The van der Waals surface area contributed by atoms with Crippen molar-refractivity contribution < 1.29 is 9.47 Å². The zero-order chi connectivity index (χ0) is 14.5. The average Bonchev–Trinajstić information content (AvgIpc) is 2.46. The zero-order valence-electron chi connectivity index (χ0n) is 11.8. The van der Waals surface area contributed by atoms with Crippen molar-refractivity contribution in [2.75, 3.05) is 19.5 Å². The lowest BCUT2D eigenvalue weighted by Crippen LogP contribution is -2.07. The lowest BCUT2D eigenvalue weighted by atomic mass is 10.1. The Morgan fingerprint density at radius 1 is 1.00 bits per heavy atom. The highest BCUT2D eigenvalue weighted by molar-refractivity contribution is 6.30. The minimum absolute atomic E-state index is 0.133. The predicted octanol–water partition coefficient (Wildman–Crippen LogP) is 4.53. The van der Waals surface area contributed by atoms with Crippen LogP contribution in [0.4, 0.5) is 5.69 Å². The smallest absolute Gasteiger partial charge is 0.161 e. The summed E-state index contributed by atoms with van der Waals surface area (Å²) in [5.41, 5.74) is 2.10. The SMILES string of the molecule is COc1ccc(C(C)Nc2cccc(Cl)c2)cc1OC. The van der Waals surface area contributed by atoms with E-state index in [4.69, 9.17) is 21.1 Å². The Balaban J connectivity index is 2.18. The first-order chi connectivity index (χ1) is 9.63. The molecule has 2 aromatic rings. The van der Waals surface area contributed by atoms with Gasteiger partial charge >= 0.3 is 0 Å². The Kier molecular flexibility index (Phi) is 4.74. The molecule has 0 radical (unpaired) electrons. The topological polar surface area (TPSA) is 30.5 Å². The first-order valence-corrected chi connectivity index (χ1v) is 6.76. The van der Waals surface area contributed by atoms with Crippen LogP contribution in [0.3, 0.4) is 0 Å². The van der Waals surface area contributed by atoms with E-state index in [2.05, 4.69) is 12.2 Å². The molecule has 0 aromatic heterocycles. The second kappa shape index (κ2) is 6.53. The summed E-state index contributed by atoms with van der Waals surface area (Å²) in [6, 6.07) is 13.7. The van der Waals surface area contributed by atoms with Crippen molar-refractivity contribution in [2.24, 2.45) is 0 Å². The van der Waals surface area contributed by atoms with Crippen molar-refractivity contribution in [1.29, 1.82) is 0 Å². The van der Waals surface area contributed by atoms with Gasteiger partial charge in [0.15, 0.2) is 11.5 Å². The average molecular weight is 292 g/mol. The van der Waals surface area contributed by atoms with Crippen LogP contribution in [-0.2, 0) is 0 Å². The van der Waals surface area contributed by atoms with Crippen LogP contribution in [0.5, 0.6) is 11.5 Å². The van der Waals surface area contributed by atoms with Crippen LogP contribution in [-0.4, -0.2) is 14.2 Å². The lowest BCUT2D eigenvalue weighted by Gasteiger charge is -2.17. The van der Waals surface area contributed by atoms with E-state index in [0.29, 0.717) is 0 Å². The lowest BCUT2D eigenvalue weighted by molar-refractivity contribution is 0.354. The fourth-order valence-electron chi connectivity index (χ4n) is 2.03. The second-order valence-corrected chi connectivity index (χ2v) is 4.93. The Morgan fingerprint density at radius 2 is 1.75 bits per heavy atom. The predicted molar refractivity (Wildman–Crippen MR) is 83.0 cm³/mol. The number of halogens is 1. The number of benzene rings is 2. The number of nitrogens with one attached hydrogen (secondary N) is 1. The van der Waals surface area contributed by atoms with Gasteiger partial charge in [-0.1, -0.05) is 23.7 Å². The summed E-state index contributed by atoms with van der Waals surface area (Å²) in [5, 5.41) is 4.12. The third kappa shape index (κ3) is 3.36. The molecule has 1 N–H and O–H groups in total. The Hall–Kier alpha value is -1.87. The van der Waals surface area contributed by atoms with Crippen LogP contribution in [0.25, 0.3) is 0 Å². The fourth-order valence-corrected chi connectivity index (χ4v) is 2.22. The normalized spacial score (nSPS) is 11.8. The quantitative estimate of drug-likeness (QED) is 0.878. The number of methoxy groups -OCH3 is 2. The number of rotatable bonds is 5. The molecule has 0 aliphatic rings. The van der Waals surface area contributed by atoms with Crippen molar-refractivity contribution in [3.8, 4) is 11.5 Å². The van der Waals surface area contributed by atoms with Crippen molar-refractivity contribution in [3.05, 3.63) is 53.1 Å². The van der Waals surface area contributed by atoms with Gasteiger partial charge in [0, 0.05) is 16.8 Å². The first-order valence-electron chi connectivity index (χ1n) is 6.38. The third-order valence-corrected chi connectivity index (χ3v) is 3.35. The number of hydrogen-bond acceptors (Lipinski definition) is 3. The largest absolute Gasteiger partial charge is 0.493 e. The van der Waals surface area contributed by atoms with Crippen molar-refractivity contribution in [2.45, 2.75) is 13.0 Å². The summed E-state index contributed by atoms with van der Waals surface area (Å²) in [4.78, 5) is 0. The Labute approximate surface area is 124 Å². The zero-order valence-corrected chi connectivity index (χ0v) is 12.6. The van der Waals surface area contributed by atoms with E-state index >= 15 is 0 Å². The van der Waals surface area contributed by atoms with Gasteiger partial charge in [0.25, 0.3) is 0 Å². The molecule has 20 heavy (non-hydrogen) atoms. The van der Waals surface area contributed by atoms with Gasteiger partial charge in [-0.05, 0) is 42.8 Å². The summed E-state index contributed by atoms with van der Waals surface area (Å²) in [5.74, 6) is 1.45. The summed E-state index contributed by atoms with van der Waals surface area (Å²) in [7, 11) is 3.27. The molecule has 0 saturated heterocycles. The Bertz CT molecular complexity index is 586. The molecule has 0 spiro atoms. The molecule has 4 heteroatoms. The van der Waals surface area contributed by atoms with Gasteiger partial charge in [-0.15, -0.1) is 0 Å². The summed E-state index contributed by atoms with van der Waals surface area (Å²) in [6.45, 7) is 2.09.